The third-order valence-corrected chi connectivity index (χ3v) is 6.86. The minimum atomic E-state index is -3.46. The van der Waals surface area contributed by atoms with Crippen LogP contribution in [0.2, 0.25) is 0 Å². The molecule has 3 N–H and O–H groups in total. The second kappa shape index (κ2) is 6.68. The van der Waals surface area contributed by atoms with E-state index < -0.39 is 16.1 Å². The summed E-state index contributed by atoms with van der Waals surface area (Å²) in [6.07, 6.45) is 3.96. The number of hydrogen-bond acceptors (Lipinski definition) is 4. The summed E-state index contributed by atoms with van der Waals surface area (Å²) >= 11 is 0. The molecule has 1 aromatic heterocycles. The molecular weight excluding hydrogens is 383 g/mol. The number of sulfonamides is 1. The molecule has 0 radical (unpaired) electrons. The number of nitrogens with one attached hydrogen (secondary N) is 1. The predicted octanol–water partition coefficient (Wildman–Crippen LogP) is 1.63. The molecule has 2 unspecified atom stereocenters. The van der Waals surface area contributed by atoms with Crippen LogP contribution < -0.4 is 5.73 Å². The van der Waals surface area contributed by atoms with E-state index in [-0.39, 0.29) is 24.3 Å². The summed E-state index contributed by atoms with van der Waals surface area (Å²) in [5, 5.41) is 0.789. The molecule has 0 saturated carbocycles. The maximum Gasteiger partial charge on any atom is 0.243 e. The normalized spacial score (nSPS) is 21.6. The van der Waals surface area contributed by atoms with Crippen molar-refractivity contribution in [3.8, 4) is 0 Å². The van der Waals surface area contributed by atoms with Crippen LogP contribution in [0.4, 0.5) is 4.39 Å². The summed E-state index contributed by atoms with van der Waals surface area (Å²) in [5.41, 5.74) is 8.85. The van der Waals surface area contributed by atoms with Crippen LogP contribution in [0, 0.1) is 5.82 Å². The van der Waals surface area contributed by atoms with Gasteiger partial charge in [0.15, 0.2) is 0 Å². The van der Waals surface area contributed by atoms with Crippen molar-refractivity contribution in [2.75, 3.05) is 19.3 Å². The lowest BCUT2D eigenvalue weighted by molar-refractivity contribution is -0.130. The molecule has 0 bridgehead atoms. The highest BCUT2D eigenvalue weighted by Crippen LogP contribution is 2.42. The molecule has 4 rings (SSSR count). The van der Waals surface area contributed by atoms with E-state index in [4.69, 9.17) is 5.73 Å². The van der Waals surface area contributed by atoms with Crippen molar-refractivity contribution in [2.24, 2.45) is 5.73 Å². The first kappa shape index (κ1) is 19.1. The molecule has 7 nitrogen and oxygen atoms in total. The summed E-state index contributed by atoms with van der Waals surface area (Å²) in [7, 11) is -3.46. The molecule has 1 amide bonds. The van der Waals surface area contributed by atoms with E-state index in [9.17, 15) is 17.6 Å². The van der Waals surface area contributed by atoms with Gasteiger partial charge in [0.1, 0.15) is 5.82 Å². The zero-order chi connectivity index (χ0) is 20.2. The van der Waals surface area contributed by atoms with Gasteiger partial charge in [-0.15, -0.1) is 0 Å². The third kappa shape index (κ3) is 2.94. The molecule has 2 aliphatic rings. The molecule has 28 heavy (non-hydrogen) atoms. The lowest BCUT2D eigenvalue weighted by Crippen LogP contribution is -2.42. The first-order valence-electron chi connectivity index (χ1n) is 9.26. The van der Waals surface area contributed by atoms with Crippen LogP contribution in [0.5, 0.6) is 0 Å². The van der Waals surface area contributed by atoms with E-state index in [0.29, 0.717) is 30.6 Å². The fourth-order valence-electron chi connectivity index (χ4n) is 4.20. The average Bonchev–Trinajstić information content (AvgIpc) is 3.32. The van der Waals surface area contributed by atoms with Crippen LogP contribution in [0.15, 0.2) is 30.1 Å². The largest absolute Gasteiger partial charge is 0.360 e. The van der Waals surface area contributed by atoms with Crippen molar-refractivity contribution in [3.05, 3.63) is 41.5 Å². The van der Waals surface area contributed by atoms with Crippen molar-refractivity contribution in [1.29, 1.82) is 0 Å². The Hall–Kier alpha value is -2.23. The molecule has 0 aliphatic carbocycles. The number of likely N-dealkylation sites (tertiary alicyclic amines) is 1. The molecule has 9 heteroatoms. The molecule has 2 atom stereocenters. The number of aromatic amines is 1. The van der Waals surface area contributed by atoms with Gasteiger partial charge in [0.2, 0.25) is 15.9 Å². The van der Waals surface area contributed by atoms with Crippen LogP contribution >= 0.6 is 0 Å². The van der Waals surface area contributed by atoms with Gasteiger partial charge in [-0.1, -0.05) is 6.92 Å². The molecule has 0 spiro atoms. The third-order valence-electron chi connectivity index (χ3n) is 5.62. The van der Waals surface area contributed by atoms with Gasteiger partial charge in [0, 0.05) is 41.4 Å². The van der Waals surface area contributed by atoms with Gasteiger partial charge >= 0.3 is 0 Å². The van der Waals surface area contributed by atoms with Gasteiger partial charge < -0.3 is 15.6 Å². The fourth-order valence-corrected chi connectivity index (χ4v) is 5.23. The lowest BCUT2D eigenvalue weighted by Gasteiger charge is -2.23. The minimum Gasteiger partial charge on any atom is -0.360 e. The summed E-state index contributed by atoms with van der Waals surface area (Å²) < 4.78 is 39.8. The molecule has 1 fully saturated rings. The predicted molar refractivity (Wildman–Crippen MR) is 105 cm³/mol. The van der Waals surface area contributed by atoms with Crippen molar-refractivity contribution in [1.82, 2.24) is 14.2 Å². The minimum absolute atomic E-state index is 0.175. The van der Waals surface area contributed by atoms with Crippen molar-refractivity contribution < 1.29 is 17.6 Å². The zero-order valence-electron chi connectivity index (χ0n) is 15.8. The maximum atomic E-state index is 13.6. The number of rotatable bonds is 4. The van der Waals surface area contributed by atoms with E-state index in [0.717, 1.165) is 16.5 Å². The van der Waals surface area contributed by atoms with E-state index >= 15 is 0 Å². The summed E-state index contributed by atoms with van der Waals surface area (Å²) in [6, 6.07) is 3.42. The maximum absolute atomic E-state index is 13.6. The molecule has 1 saturated heterocycles. The number of halogens is 1. The number of hydrogen-bond donors (Lipinski definition) is 2. The first-order chi connectivity index (χ1) is 13.2. The molecule has 150 valence electrons. The molecule has 3 heterocycles. The number of aromatic nitrogens is 1. The van der Waals surface area contributed by atoms with Gasteiger partial charge in [-0.3, -0.25) is 4.79 Å². The smallest absolute Gasteiger partial charge is 0.243 e. The van der Waals surface area contributed by atoms with Crippen LogP contribution in [0.1, 0.15) is 25.3 Å². The first-order valence-corrected chi connectivity index (χ1v) is 11.1. The Kier molecular flexibility index (Phi) is 4.56. The van der Waals surface area contributed by atoms with Gasteiger partial charge in [-0.25, -0.2) is 12.8 Å². The molecular formula is C19H23FN4O3S. The Morgan fingerprint density at radius 3 is 2.86 bits per heavy atom. The Balaban J connectivity index is 1.87. The number of amides is 1. The topological polar surface area (TPSA) is 99.5 Å². The number of fused-ring (bicyclic) bond motifs is 2. The summed E-state index contributed by atoms with van der Waals surface area (Å²) in [5.74, 6) is -0.550. The number of nitrogens with two attached hydrogens (primary N) is 1. The highest BCUT2D eigenvalue weighted by molar-refractivity contribution is 7.88. The highest BCUT2D eigenvalue weighted by Gasteiger charge is 2.47. The second-order valence-electron chi connectivity index (χ2n) is 7.37. The van der Waals surface area contributed by atoms with E-state index in [1.165, 1.54) is 22.7 Å². The Labute approximate surface area is 163 Å². The number of carbonyl (C=O) groups is 1. The highest BCUT2D eigenvalue weighted by atomic mass is 32.2. The summed E-state index contributed by atoms with van der Waals surface area (Å²) in [6.45, 7) is 2.45. The summed E-state index contributed by atoms with van der Waals surface area (Å²) in [4.78, 5) is 17.5. The Morgan fingerprint density at radius 2 is 2.18 bits per heavy atom. The standard InChI is InChI=1S/C19H23FN4O3S/c1-3-15(21)19(25)23-7-6-17-18(23)14(10-24(17)28(2,26)27)13-9-22-16-8-11(20)4-5-12(13)16/h4-5,8-9,15,17,22H,3,6-7,10,21H2,1-2H3. The molecule has 2 aromatic rings. The monoisotopic (exact) mass is 406 g/mol. The van der Waals surface area contributed by atoms with Crippen LogP contribution in [-0.2, 0) is 14.8 Å². The van der Waals surface area contributed by atoms with Crippen molar-refractivity contribution in [3.63, 3.8) is 0 Å². The van der Waals surface area contributed by atoms with Crippen LogP contribution in [-0.4, -0.2) is 59.9 Å². The number of carbonyl (C=O) groups excluding carboxylic acids is 1. The van der Waals surface area contributed by atoms with E-state index in [2.05, 4.69) is 4.98 Å². The van der Waals surface area contributed by atoms with E-state index in [1.54, 1.807) is 17.2 Å². The average molecular weight is 406 g/mol. The number of H-pyrrole nitrogens is 1. The van der Waals surface area contributed by atoms with Crippen LogP contribution in [0.3, 0.4) is 0 Å². The van der Waals surface area contributed by atoms with Crippen molar-refractivity contribution >= 4 is 32.4 Å². The zero-order valence-corrected chi connectivity index (χ0v) is 16.6. The molecule has 1 aromatic carbocycles. The van der Waals surface area contributed by atoms with Gasteiger partial charge in [0.05, 0.1) is 18.3 Å². The quantitative estimate of drug-likeness (QED) is 0.806. The Morgan fingerprint density at radius 1 is 1.43 bits per heavy atom. The lowest BCUT2D eigenvalue weighted by atomic mass is 10.0. The Bertz CT molecular complexity index is 1090. The second-order valence-corrected chi connectivity index (χ2v) is 9.31. The SMILES string of the molecule is CCC(N)C(=O)N1CCC2C1=C(c1c[nH]c3cc(F)ccc13)CN2S(C)(=O)=O. The number of nitrogens with zero attached hydrogens (tertiary/aromatic N) is 2. The fraction of sp³-hybridized carbons (Fsp3) is 0.421. The van der Waals surface area contributed by atoms with Crippen molar-refractivity contribution in [2.45, 2.75) is 31.8 Å². The van der Waals surface area contributed by atoms with Crippen LogP contribution in [0.25, 0.3) is 16.5 Å². The van der Waals surface area contributed by atoms with Gasteiger partial charge in [0.25, 0.3) is 0 Å². The van der Waals surface area contributed by atoms with Gasteiger partial charge in [-0.2, -0.15) is 4.31 Å². The number of benzene rings is 1. The molecule has 2 aliphatic heterocycles. The van der Waals surface area contributed by atoms with Gasteiger partial charge in [-0.05, 0) is 36.6 Å². The van der Waals surface area contributed by atoms with E-state index in [1.807, 2.05) is 6.92 Å².